The highest BCUT2D eigenvalue weighted by atomic mass is 16.5. The SMILES string of the molecule is CC(N)=C(C=NCCO)C1=NC(c2n[nH]c3ccc(OC(C)C)cc23)=NCC=C1. The van der Waals surface area contributed by atoms with Crippen LogP contribution >= 0.6 is 0 Å². The Labute approximate surface area is 169 Å². The number of nitrogens with two attached hydrogens (primary N) is 1. The molecule has 1 aliphatic rings. The fourth-order valence-corrected chi connectivity index (χ4v) is 2.86. The zero-order valence-corrected chi connectivity index (χ0v) is 16.9. The first kappa shape index (κ1) is 20.5. The molecule has 1 aromatic heterocycles. The first-order valence-corrected chi connectivity index (χ1v) is 9.52. The quantitative estimate of drug-likeness (QED) is 0.624. The number of aliphatic imine (C=N–C) groups is 3. The number of nitrogens with one attached hydrogen (secondary N) is 1. The maximum atomic E-state index is 8.97. The van der Waals surface area contributed by atoms with Crippen LogP contribution in [0.15, 0.2) is 56.6 Å². The molecule has 8 heteroatoms. The minimum atomic E-state index is -0.0253. The van der Waals surface area contributed by atoms with Crippen LogP contribution in [0.1, 0.15) is 26.5 Å². The second-order valence-corrected chi connectivity index (χ2v) is 6.87. The predicted molar refractivity (Wildman–Crippen MR) is 117 cm³/mol. The van der Waals surface area contributed by atoms with E-state index in [0.29, 0.717) is 41.6 Å². The van der Waals surface area contributed by atoms with E-state index in [1.807, 2.05) is 44.2 Å². The predicted octanol–water partition coefficient (Wildman–Crippen LogP) is 2.40. The zero-order chi connectivity index (χ0) is 20.8. The number of hydrogen-bond donors (Lipinski definition) is 3. The van der Waals surface area contributed by atoms with Crippen LogP contribution in [0.25, 0.3) is 10.9 Å². The smallest absolute Gasteiger partial charge is 0.176 e. The van der Waals surface area contributed by atoms with E-state index in [9.17, 15) is 0 Å². The average Bonchev–Trinajstić information content (AvgIpc) is 2.94. The van der Waals surface area contributed by atoms with Crippen molar-refractivity contribution in [2.75, 3.05) is 19.7 Å². The van der Waals surface area contributed by atoms with E-state index in [4.69, 9.17) is 20.6 Å². The van der Waals surface area contributed by atoms with Crippen LogP contribution in [0.2, 0.25) is 0 Å². The van der Waals surface area contributed by atoms with Crippen molar-refractivity contribution in [3.05, 3.63) is 47.3 Å². The molecular formula is C21H26N6O2. The summed E-state index contributed by atoms with van der Waals surface area (Å²) in [6.45, 7) is 6.51. The minimum Gasteiger partial charge on any atom is -0.491 e. The van der Waals surface area contributed by atoms with Gasteiger partial charge in [0.15, 0.2) is 5.84 Å². The monoisotopic (exact) mass is 394 g/mol. The number of aromatic nitrogens is 2. The number of fused-ring (bicyclic) bond motifs is 1. The third-order valence-electron chi connectivity index (χ3n) is 4.12. The van der Waals surface area contributed by atoms with Crippen molar-refractivity contribution in [3.8, 4) is 5.75 Å². The van der Waals surface area contributed by atoms with E-state index in [2.05, 4.69) is 20.2 Å². The fourth-order valence-electron chi connectivity index (χ4n) is 2.86. The number of allylic oxidation sites excluding steroid dienone is 3. The molecular weight excluding hydrogens is 368 g/mol. The van der Waals surface area contributed by atoms with Crippen molar-refractivity contribution in [2.45, 2.75) is 26.9 Å². The molecule has 2 heterocycles. The van der Waals surface area contributed by atoms with Gasteiger partial charge in [0.05, 0.1) is 37.0 Å². The molecule has 0 aliphatic carbocycles. The summed E-state index contributed by atoms with van der Waals surface area (Å²) in [5.41, 5.74) is 9.50. The molecule has 152 valence electrons. The molecule has 0 radical (unpaired) electrons. The van der Waals surface area contributed by atoms with Gasteiger partial charge in [-0.15, -0.1) is 0 Å². The lowest BCUT2D eigenvalue weighted by atomic mass is 10.1. The van der Waals surface area contributed by atoms with E-state index < -0.39 is 0 Å². The normalized spacial score (nSPS) is 15.5. The van der Waals surface area contributed by atoms with E-state index in [0.717, 1.165) is 16.7 Å². The number of H-pyrrole nitrogens is 1. The number of aliphatic hydroxyl groups excluding tert-OH is 1. The van der Waals surface area contributed by atoms with Gasteiger partial charge < -0.3 is 15.6 Å². The van der Waals surface area contributed by atoms with E-state index in [1.54, 1.807) is 13.1 Å². The summed E-state index contributed by atoms with van der Waals surface area (Å²) >= 11 is 0. The van der Waals surface area contributed by atoms with Crippen molar-refractivity contribution in [3.63, 3.8) is 0 Å². The average molecular weight is 394 g/mol. The zero-order valence-electron chi connectivity index (χ0n) is 16.9. The van der Waals surface area contributed by atoms with Crippen LogP contribution < -0.4 is 10.5 Å². The Bertz CT molecular complexity index is 1020. The Balaban J connectivity index is 2.03. The molecule has 0 unspecified atom stereocenters. The summed E-state index contributed by atoms with van der Waals surface area (Å²) in [7, 11) is 0. The van der Waals surface area contributed by atoms with Gasteiger partial charge >= 0.3 is 0 Å². The van der Waals surface area contributed by atoms with Crippen LogP contribution in [-0.4, -0.2) is 58.9 Å². The molecule has 1 aliphatic heterocycles. The molecule has 0 amide bonds. The standard InChI is InChI=1S/C21H26N6O2/c1-13(2)29-15-6-7-19-16(11-15)20(27-26-19)21-24-8-4-5-18(25-21)17(14(3)22)12-23-9-10-28/h4-7,11-13,28H,8-10,22H2,1-3H3,(H,26,27). The maximum Gasteiger partial charge on any atom is 0.176 e. The van der Waals surface area contributed by atoms with Gasteiger partial charge in [-0.05, 0) is 45.0 Å². The van der Waals surface area contributed by atoms with Crippen LogP contribution in [0.3, 0.4) is 0 Å². The van der Waals surface area contributed by atoms with E-state index in [1.165, 1.54) is 0 Å². The number of aliphatic hydroxyl groups is 1. The fraction of sp³-hybridized carbons (Fsp3) is 0.333. The van der Waals surface area contributed by atoms with Crippen LogP contribution in [-0.2, 0) is 0 Å². The van der Waals surface area contributed by atoms with Gasteiger partial charge in [0, 0.05) is 22.9 Å². The molecule has 0 spiro atoms. The molecule has 8 nitrogen and oxygen atoms in total. The molecule has 0 bridgehead atoms. The Morgan fingerprint density at radius 2 is 2.24 bits per heavy atom. The van der Waals surface area contributed by atoms with Crippen molar-refractivity contribution in [2.24, 2.45) is 20.7 Å². The first-order chi connectivity index (χ1) is 14.0. The molecule has 0 saturated carbocycles. The number of ether oxygens (including phenoxy) is 1. The summed E-state index contributed by atoms with van der Waals surface area (Å²) in [5.74, 6) is 1.27. The number of nitrogens with zero attached hydrogens (tertiary/aromatic N) is 4. The van der Waals surface area contributed by atoms with Gasteiger partial charge in [-0.25, -0.2) is 4.99 Å². The summed E-state index contributed by atoms with van der Waals surface area (Å²) in [6.07, 6.45) is 5.49. The van der Waals surface area contributed by atoms with Crippen LogP contribution in [0, 0.1) is 0 Å². The first-order valence-electron chi connectivity index (χ1n) is 9.52. The van der Waals surface area contributed by atoms with E-state index in [-0.39, 0.29) is 12.7 Å². The lowest BCUT2D eigenvalue weighted by Crippen LogP contribution is -2.12. The Kier molecular flexibility index (Phi) is 6.56. The molecule has 0 saturated heterocycles. The Morgan fingerprint density at radius 3 is 2.97 bits per heavy atom. The molecule has 2 aromatic rings. The minimum absolute atomic E-state index is 0.0253. The van der Waals surface area contributed by atoms with Gasteiger partial charge in [-0.1, -0.05) is 6.08 Å². The Morgan fingerprint density at radius 1 is 1.41 bits per heavy atom. The summed E-state index contributed by atoms with van der Waals surface area (Å²) in [4.78, 5) is 13.5. The van der Waals surface area contributed by atoms with Crippen molar-refractivity contribution in [1.29, 1.82) is 0 Å². The van der Waals surface area contributed by atoms with Gasteiger partial charge in [-0.2, -0.15) is 5.10 Å². The highest BCUT2D eigenvalue weighted by Gasteiger charge is 2.16. The third kappa shape index (κ3) is 4.97. The number of hydrogen-bond acceptors (Lipinski definition) is 7. The molecule has 29 heavy (non-hydrogen) atoms. The third-order valence-corrected chi connectivity index (χ3v) is 4.12. The van der Waals surface area contributed by atoms with Crippen LogP contribution in [0.5, 0.6) is 5.75 Å². The second-order valence-electron chi connectivity index (χ2n) is 6.87. The summed E-state index contributed by atoms with van der Waals surface area (Å²) in [5, 5.41) is 17.3. The van der Waals surface area contributed by atoms with Crippen LogP contribution in [0.4, 0.5) is 0 Å². The molecule has 0 atom stereocenters. The van der Waals surface area contributed by atoms with Gasteiger partial charge in [-0.3, -0.25) is 15.1 Å². The lowest BCUT2D eigenvalue weighted by Gasteiger charge is -2.09. The summed E-state index contributed by atoms with van der Waals surface area (Å²) < 4.78 is 5.81. The Hall–Kier alpha value is -3.26. The lowest BCUT2D eigenvalue weighted by molar-refractivity contribution is 0.243. The molecule has 1 aromatic carbocycles. The van der Waals surface area contributed by atoms with E-state index >= 15 is 0 Å². The molecule has 0 fully saturated rings. The highest BCUT2D eigenvalue weighted by molar-refractivity contribution is 6.26. The van der Waals surface area contributed by atoms with Crippen molar-refractivity contribution < 1.29 is 9.84 Å². The van der Waals surface area contributed by atoms with Gasteiger partial charge in [0.1, 0.15) is 11.4 Å². The van der Waals surface area contributed by atoms with Crippen molar-refractivity contribution in [1.82, 2.24) is 10.2 Å². The highest BCUT2D eigenvalue weighted by Crippen LogP contribution is 2.24. The number of amidine groups is 1. The van der Waals surface area contributed by atoms with Gasteiger partial charge in [0.25, 0.3) is 0 Å². The number of rotatable bonds is 7. The molecule has 3 rings (SSSR count). The van der Waals surface area contributed by atoms with Gasteiger partial charge in [0.2, 0.25) is 0 Å². The van der Waals surface area contributed by atoms with Crippen molar-refractivity contribution >= 4 is 28.7 Å². The second kappa shape index (κ2) is 9.29. The number of benzene rings is 1. The molecule has 4 N–H and O–H groups in total. The topological polar surface area (TPSA) is 121 Å². The number of aromatic amines is 1. The summed E-state index contributed by atoms with van der Waals surface area (Å²) in [6, 6.07) is 5.78. The largest absolute Gasteiger partial charge is 0.491 e. The maximum absolute atomic E-state index is 8.97.